The largest absolute Gasteiger partial charge is 0.466 e. The van der Waals surface area contributed by atoms with Crippen molar-refractivity contribution in [2.75, 3.05) is 6.61 Å². The van der Waals surface area contributed by atoms with E-state index in [1.54, 1.807) is 6.92 Å². The number of carbonyl (C=O) groups is 2. The highest BCUT2D eigenvalue weighted by Gasteiger charge is 2.23. The Morgan fingerprint density at radius 3 is 2.13 bits per heavy atom. The molecule has 0 spiro atoms. The van der Waals surface area contributed by atoms with Crippen LogP contribution in [0.15, 0.2) is 0 Å². The van der Waals surface area contributed by atoms with E-state index in [4.69, 9.17) is 4.74 Å². The van der Waals surface area contributed by atoms with Crippen LogP contribution in [0.2, 0.25) is 0 Å². The zero-order valence-electron chi connectivity index (χ0n) is 10.4. The molecule has 0 bridgehead atoms. The van der Waals surface area contributed by atoms with Gasteiger partial charge in [0, 0.05) is 18.3 Å². The van der Waals surface area contributed by atoms with Gasteiger partial charge in [-0.1, -0.05) is 27.7 Å². The number of rotatable bonds is 5. The van der Waals surface area contributed by atoms with Gasteiger partial charge in [-0.3, -0.25) is 9.59 Å². The molecule has 0 fully saturated rings. The minimum Gasteiger partial charge on any atom is -0.466 e. The van der Waals surface area contributed by atoms with Crippen molar-refractivity contribution in [1.29, 1.82) is 0 Å². The SMILES string of the molecule is CCOC(=O)CC(C)CC(=O)C(C)(C)C. The smallest absolute Gasteiger partial charge is 0.306 e. The first kappa shape index (κ1) is 14.1. The predicted molar refractivity (Wildman–Crippen MR) is 59.5 cm³/mol. The van der Waals surface area contributed by atoms with Gasteiger partial charge in [0.2, 0.25) is 0 Å². The summed E-state index contributed by atoms with van der Waals surface area (Å²) in [6.07, 6.45) is 0.776. The van der Waals surface area contributed by atoms with Crippen molar-refractivity contribution in [3.63, 3.8) is 0 Å². The Hall–Kier alpha value is -0.860. The van der Waals surface area contributed by atoms with E-state index >= 15 is 0 Å². The lowest BCUT2D eigenvalue weighted by Crippen LogP contribution is -2.23. The molecule has 0 aliphatic rings. The highest BCUT2D eigenvalue weighted by atomic mass is 16.5. The molecule has 0 N–H and O–H groups in total. The zero-order valence-corrected chi connectivity index (χ0v) is 10.4. The maximum atomic E-state index is 11.7. The third kappa shape index (κ3) is 6.26. The molecule has 0 saturated heterocycles. The second-order valence-electron chi connectivity index (χ2n) is 4.99. The first-order chi connectivity index (χ1) is 6.77. The average molecular weight is 214 g/mol. The second-order valence-corrected chi connectivity index (χ2v) is 4.99. The molecule has 0 radical (unpaired) electrons. The Bertz CT molecular complexity index is 226. The maximum absolute atomic E-state index is 11.7. The van der Waals surface area contributed by atoms with E-state index < -0.39 is 0 Å². The van der Waals surface area contributed by atoms with Gasteiger partial charge in [0.15, 0.2) is 0 Å². The molecule has 0 aromatic carbocycles. The van der Waals surface area contributed by atoms with Gasteiger partial charge in [0.25, 0.3) is 0 Å². The van der Waals surface area contributed by atoms with Crippen LogP contribution < -0.4 is 0 Å². The van der Waals surface area contributed by atoms with Gasteiger partial charge in [-0.05, 0) is 12.8 Å². The van der Waals surface area contributed by atoms with Crippen LogP contribution in [-0.2, 0) is 14.3 Å². The molecule has 3 nitrogen and oxygen atoms in total. The highest BCUT2D eigenvalue weighted by Crippen LogP contribution is 2.21. The standard InChI is InChI=1S/C12H22O3/c1-6-15-11(14)8-9(2)7-10(13)12(3,4)5/h9H,6-8H2,1-5H3. The molecular weight excluding hydrogens is 192 g/mol. The van der Waals surface area contributed by atoms with Crippen molar-refractivity contribution in [1.82, 2.24) is 0 Å². The number of esters is 1. The molecule has 1 atom stereocenters. The third-order valence-electron chi connectivity index (χ3n) is 2.19. The fourth-order valence-electron chi connectivity index (χ4n) is 1.20. The van der Waals surface area contributed by atoms with Crippen LogP contribution in [0, 0.1) is 11.3 Å². The Kier molecular flexibility index (Phi) is 5.55. The van der Waals surface area contributed by atoms with Crippen molar-refractivity contribution < 1.29 is 14.3 Å². The number of hydrogen-bond donors (Lipinski definition) is 0. The quantitative estimate of drug-likeness (QED) is 0.661. The van der Waals surface area contributed by atoms with E-state index in [1.807, 2.05) is 27.7 Å². The van der Waals surface area contributed by atoms with E-state index in [0.717, 1.165) is 0 Å². The predicted octanol–water partition coefficient (Wildman–Crippen LogP) is 2.58. The number of ketones is 1. The number of hydrogen-bond acceptors (Lipinski definition) is 3. The molecule has 0 rings (SSSR count). The Labute approximate surface area is 92.2 Å². The highest BCUT2D eigenvalue weighted by molar-refractivity contribution is 5.84. The van der Waals surface area contributed by atoms with Crippen LogP contribution in [0.5, 0.6) is 0 Å². The number of Topliss-reactive ketones (excluding diaryl/α,β-unsaturated/α-hetero) is 1. The number of ether oxygens (including phenoxy) is 1. The minimum absolute atomic E-state index is 0.0655. The van der Waals surface area contributed by atoms with Crippen LogP contribution in [0.25, 0.3) is 0 Å². The second kappa shape index (κ2) is 5.89. The van der Waals surface area contributed by atoms with Crippen LogP contribution in [-0.4, -0.2) is 18.4 Å². The summed E-state index contributed by atoms with van der Waals surface area (Å²) in [5.74, 6) is 0.0433. The molecule has 0 aromatic heterocycles. The van der Waals surface area contributed by atoms with Gasteiger partial charge >= 0.3 is 5.97 Å². The first-order valence-electron chi connectivity index (χ1n) is 5.46. The summed E-state index contributed by atoms with van der Waals surface area (Å²) in [6, 6.07) is 0. The van der Waals surface area contributed by atoms with Crippen molar-refractivity contribution in [3.8, 4) is 0 Å². The zero-order chi connectivity index (χ0) is 12.1. The molecule has 0 heterocycles. The van der Waals surface area contributed by atoms with Crippen molar-refractivity contribution >= 4 is 11.8 Å². The van der Waals surface area contributed by atoms with Gasteiger partial charge < -0.3 is 4.74 Å². The van der Waals surface area contributed by atoms with Crippen LogP contribution >= 0.6 is 0 Å². The van der Waals surface area contributed by atoms with E-state index in [9.17, 15) is 9.59 Å². The van der Waals surface area contributed by atoms with Crippen LogP contribution in [0.3, 0.4) is 0 Å². The summed E-state index contributed by atoms with van der Waals surface area (Å²) in [4.78, 5) is 22.8. The van der Waals surface area contributed by atoms with Gasteiger partial charge in [0.1, 0.15) is 5.78 Å². The molecule has 15 heavy (non-hydrogen) atoms. The van der Waals surface area contributed by atoms with Gasteiger partial charge in [-0.25, -0.2) is 0 Å². The van der Waals surface area contributed by atoms with Gasteiger partial charge in [0.05, 0.1) is 6.61 Å². The summed E-state index contributed by atoms with van der Waals surface area (Å²) in [5.41, 5.74) is -0.317. The molecule has 0 aliphatic heterocycles. The van der Waals surface area contributed by atoms with Crippen molar-refractivity contribution in [3.05, 3.63) is 0 Å². The molecule has 0 amide bonds. The fraction of sp³-hybridized carbons (Fsp3) is 0.833. The molecule has 88 valence electrons. The Morgan fingerprint density at radius 2 is 1.73 bits per heavy atom. The molecule has 0 aromatic rings. The lowest BCUT2D eigenvalue weighted by molar-refractivity contribution is -0.144. The summed E-state index contributed by atoms with van der Waals surface area (Å²) < 4.78 is 4.83. The number of carbonyl (C=O) groups excluding carboxylic acids is 2. The molecule has 0 aliphatic carbocycles. The van der Waals surface area contributed by atoms with Crippen molar-refractivity contribution in [2.45, 2.75) is 47.5 Å². The fourth-order valence-corrected chi connectivity index (χ4v) is 1.20. The Balaban J connectivity index is 3.99. The van der Waals surface area contributed by atoms with E-state index in [-0.39, 0.29) is 23.1 Å². The van der Waals surface area contributed by atoms with Crippen LogP contribution in [0.4, 0.5) is 0 Å². The monoisotopic (exact) mass is 214 g/mol. The summed E-state index contributed by atoms with van der Waals surface area (Å²) in [7, 11) is 0. The maximum Gasteiger partial charge on any atom is 0.306 e. The summed E-state index contributed by atoms with van der Waals surface area (Å²) in [5, 5.41) is 0. The Morgan fingerprint density at radius 1 is 1.20 bits per heavy atom. The lowest BCUT2D eigenvalue weighted by Gasteiger charge is -2.19. The topological polar surface area (TPSA) is 43.4 Å². The summed E-state index contributed by atoms with van der Waals surface area (Å²) >= 11 is 0. The molecule has 1 unspecified atom stereocenters. The average Bonchev–Trinajstić information content (AvgIpc) is 2.01. The normalized spacial score (nSPS) is 13.4. The van der Waals surface area contributed by atoms with E-state index in [0.29, 0.717) is 19.4 Å². The lowest BCUT2D eigenvalue weighted by atomic mass is 9.85. The van der Waals surface area contributed by atoms with Crippen LogP contribution in [0.1, 0.15) is 47.5 Å². The molecular formula is C12H22O3. The van der Waals surface area contributed by atoms with E-state index in [2.05, 4.69) is 0 Å². The van der Waals surface area contributed by atoms with Gasteiger partial charge in [-0.15, -0.1) is 0 Å². The molecule has 3 heteroatoms. The molecule has 0 saturated carbocycles. The van der Waals surface area contributed by atoms with E-state index in [1.165, 1.54) is 0 Å². The summed E-state index contributed by atoms with van der Waals surface area (Å²) in [6.45, 7) is 9.77. The van der Waals surface area contributed by atoms with Gasteiger partial charge in [-0.2, -0.15) is 0 Å². The third-order valence-corrected chi connectivity index (χ3v) is 2.19. The first-order valence-corrected chi connectivity index (χ1v) is 5.46. The minimum atomic E-state index is -0.317. The van der Waals surface area contributed by atoms with Crippen molar-refractivity contribution in [2.24, 2.45) is 11.3 Å².